The highest BCUT2D eigenvalue weighted by atomic mass is 31.1. The van der Waals surface area contributed by atoms with Crippen LogP contribution < -0.4 is 0 Å². The van der Waals surface area contributed by atoms with Gasteiger partial charge in [0.05, 0.1) is 0 Å². The van der Waals surface area contributed by atoms with E-state index in [2.05, 4.69) is 0 Å². The fourth-order valence-corrected chi connectivity index (χ4v) is 6.28. The van der Waals surface area contributed by atoms with E-state index < -0.39 is 88.5 Å². The molecule has 0 radical (unpaired) electrons. The van der Waals surface area contributed by atoms with Crippen molar-refractivity contribution >= 4 is 7.92 Å². The molecule has 0 amide bonds. The first kappa shape index (κ1) is 20.9. The second-order valence-electron chi connectivity index (χ2n) is 6.24. The molecule has 0 aliphatic carbocycles. The Morgan fingerprint density at radius 3 is 0.929 bits per heavy atom. The first-order valence-corrected chi connectivity index (χ1v) is 9.67. The second-order valence-corrected chi connectivity index (χ2v) is 8.82. The third-order valence-corrected chi connectivity index (χ3v) is 7.85. The summed E-state index contributed by atoms with van der Waals surface area (Å²) in [5.41, 5.74) is -4.92. The van der Waals surface area contributed by atoms with Crippen molar-refractivity contribution in [2.45, 2.75) is 24.2 Å². The number of rotatable bonds is 2. The molecule has 0 aromatic heterocycles. The average Bonchev–Trinajstić information content (AvgIpc) is 3.03. The van der Waals surface area contributed by atoms with Crippen molar-refractivity contribution in [2.24, 2.45) is 0 Å². The smallest absolute Gasteiger partial charge is 0.200 e. The summed E-state index contributed by atoms with van der Waals surface area (Å²) >= 11 is 0. The van der Waals surface area contributed by atoms with Gasteiger partial charge in [0.15, 0.2) is 46.5 Å². The van der Waals surface area contributed by atoms with E-state index in [0.29, 0.717) is 0 Å². The Morgan fingerprint density at radius 1 is 0.464 bits per heavy atom. The van der Waals surface area contributed by atoms with Crippen LogP contribution in [0.1, 0.15) is 35.3 Å². The zero-order chi connectivity index (χ0) is 21.1. The van der Waals surface area contributed by atoms with E-state index in [1.807, 2.05) is 0 Å². The van der Waals surface area contributed by atoms with Gasteiger partial charge in [0.2, 0.25) is 11.6 Å². The molecular formula is C17H9F10P. The summed E-state index contributed by atoms with van der Waals surface area (Å²) in [5.74, 6) is -21.7. The molecule has 2 unspecified atom stereocenters. The van der Waals surface area contributed by atoms with Crippen molar-refractivity contribution in [1.82, 2.24) is 0 Å². The Hall–Kier alpha value is -1.83. The first-order chi connectivity index (χ1) is 13.0. The first-order valence-electron chi connectivity index (χ1n) is 7.75. The molecule has 2 aromatic rings. The predicted octanol–water partition coefficient (Wildman–Crippen LogP) is 6.77. The minimum atomic E-state index is -2.35. The molecule has 0 bridgehead atoms. The second kappa shape index (κ2) is 7.21. The normalized spacial score (nSPS) is 22.2. The van der Waals surface area contributed by atoms with Crippen molar-refractivity contribution in [1.29, 1.82) is 0 Å². The van der Waals surface area contributed by atoms with E-state index >= 15 is 0 Å². The zero-order valence-electron chi connectivity index (χ0n) is 13.8. The van der Waals surface area contributed by atoms with Gasteiger partial charge in [-0.05, 0) is 19.5 Å². The lowest BCUT2D eigenvalue weighted by atomic mass is 10.0. The van der Waals surface area contributed by atoms with Crippen LogP contribution in [0, 0.1) is 58.2 Å². The van der Waals surface area contributed by atoms with E-state index in [-0.39, 0.29) is 12.8 Å². The van der Waals surface area contributed by atoms with E-state index in [1.54, 1.807) is 0 Å². The average molecular weight is 434 g/mol. The lowest BCUT2D eigenvalue weighted by molar-refractivity contribution is 0.367. The van der Waals surface area contributed by atoms with Crippen LogP contribution >= 0.6 is 7.92 Å². The topological polar surface area (TPSA) is 0 Å². The Bertz CT molecular complexity index is 838. The lowest BCUT2D eigenvalue weighted by Gasteiger charge is -2.24. The van der Waals surface area contributed by atoms with Crippen LogP contribution in [0.25, 0.3) is 0 Å². The lowest BCUT2D eigenvalue weighted by Crippen LogP contribution is -2.11. The molecule has 0 spiro atoms. The van der Waals surface area contributed by atoms with Gasteiger partial charge in [-0.2, -0.15) is 0 Å². The van der Waals surface area contributed by atoms with E-state index in [1.165, 1.54) is 6.66 Å². The molecule has 3 rings (SSSR count). The minimum Gasteiger partial charge on any atom is -0.203 e. The van der Waals surface area contributed by atoms with Gasteiger partial charge in [-0.3, -0.25) is 0 Å². The highest BCUT2D eigenvalue weighted by molar-refractivity contribution is 7.58. The van der Waals surface area contributed by atoms with Crippen molar-refractivity contribution in [3.63, 3.8) is 0 Å². The Kier molecular flexibility index (Phi) is 5.38. The summed E-state index contributed by atoms with van der Waals surface area (Å²) in [4.78, 5) is 0. The van der Waals surface area contributed by atoms with Crippen LogP contribution in [0.4, 0.5) is 43.9 Å². The molecule has 1 fully saturated rings. The van der Waals surface area contributed by atoms with Crippen LogP contribution in [-0.2, 0) is 0 Å². The summed E-state index contributed by atoms with van der Waals surface area (Å²) in [6.07, 6.45) is -0.518. The van der Waals surface area contributed by atoms with E-state index in [4.69, 9.17) is 0 Å². The van der Waals surface area contributed by atoms with Gasteiger partial charge >= 0.3 is 0 Å². The van der Waals surface area contributed by atoms with Crippen molar-refractivity contribution in [3.8, 4) is 0 Å². The van der Waals surface area contributed by atoms with Gasteiger partial charge in [-0.1, -0.05) is 7.92 Å². The maximum atomic E-state index is 14.1. The molecule has 1 aliphatic rings. The fourth-order valence-electron chi connectivity index (χ4n) is 3.47. The van der Waals surface area contributed by atoms with Crippen molar-refractivity contribution < 1.29 is 43.9 Å². The number of hydrogen-bond donors (Lipinski definition) is 0. The molecule has 2 atom stereocenters. The molecule has 0 N–H and O–H groups in total. The molecular weight excluding hydrogens is 425 g/mol. The molecule has 1 aliphatic heterocycles. The third-order valence-electron chi connectivity index (χ3n) is 4.85. The molecule has 11 heteroatoms. The van der Waals surface area contributed by atoms with Crippen LogP contribution in [0.5, 0.6) is 0 Å². The highest BCUT2D eigenvalue weighted by Crippen LogP contribution is 2.69. The van der Waals surface area contributed by atoms with Crippen LogP contribution in [0.15, 0.2) is 0 Å². The van der Waals surface area contributed by atoms with Gasteiger partial charge in [0.1, 0.15) is 0 Å². The van der Waals surface area contributed by atoms with E-state index in [9.17, 15) is 43.9 Å². The molecule has 2 aromatic carbocycles. The molecule has 152 valence electrons. The van der Waals surface area contributed by atoms with Gasteiger partial charge in [0, 0.05) is 22.4 Å². The summed E-state index contributed by atoms with van der Waals surface area (Å²) < 4.78 is 137. The van der Waals surface area contributed by atoms with E-state index in [0.717, 1.165) is 0 Å². The standard InChI is InChI=1S/C17H9F10P/c1-28-4(6-8(18)12(22)16(26)13(23)9(6)19)2-3-5(28)7-10(20)14(24)17(27)15(25)11(7)21/h4-5H,2-3H2,1H3. The molecule has 0 saturated carbocycles. The third kappa shape index (κ3) is 2.88. The largest absolute Gasteiger partial charge is 0.203 e. The van der Waals surface area contributed by atoms with Gasteiger partial charge in [-0.15, -0.1) is 0 Å². The molecule has 0 nitrogen and oxygen atoms in total. The summed E-state index contributed by atoms with van der Waals surface area (Å²) in [5, 5.41) is 0. The minimum absolute atomic E-state index is 0.259. The van der Waals surface area contributed by atoms with Crippen LogP contribution in [-0.4, -0.2) is 6.66 Å². The molecule has 1 heterocycles. The van der Waals surface area contributed by atoms with Crippen LogP contribution in [0.3, 0.4) is 0 Å². The van der Waals surface area contributed by atoms with Crippen molar-refractivity contribution in [3.05, 3.63) is 69.3 Å². The summed E-state index contributed by atoms with van der Waals surface area (Å²) in [6.45, 7) is 1.24. The number of halogens is 10. The maximum Gasteiger partial charge on any atom is 0.200 e. The fraction of sp³-hybridized carbons (Fsp3) is 0.294. The quantitative estimate of drug-likeness (QED) is 0.212. The number of hydrogen-bond acceptors (Lipinski definition) is 0. The van der Waals surface area contributed by atoms with Crippen LogP contribution in [0.2, 0.25) is 0 Å². The SMILES string of the molecule is CP1C(c2c(F)c(F)c(F)c(F)c2F)CCC1c1c(F)c(F)c(F)c(F)c1F. The summed E-state index contributed by atoms with van der Waals surface area (Å²) in [7, 11) is -1.95. The molecule has 28 heavy (non-hydrogen) atoms. The number of benzene rings is 2. The zero-order valence-corrected chi connectivity index (χ0v) is 14.7. The van der Waals surface area contributed by atoms with Gasteiger partial charge in [0.25, 0.3) is 0 Å². The Labute approximate surface area is 152 Å². The predicted molar refractivity (Wildman–Crippen MR) is 80.0 cm³/mol. The van der Waals surface area contributed by atoms with Gasteiger partial charge in [-0.25, -0.2) is 43.9 Å². The van der Waals surface area contributed by atoms with Crippen molar-refractivity contribution in [2.75, 3.05) is 6.66 Å². The Balaban J connectivity index is 2.11. The monoisotopic (exact) mass is 434 g/mol. The summed E-state index contributed by atoms with van der Waals surface area (Å²) in [6, 6.07) is 0. The van der Waals surface area contributed by atoms with Gasteiger partial charge < -0.3 is 0 Å². The Morgan fingerprint density at radius 2 is 0.679 bits per heavy atom. The highest BCUT2D eigenvalue weighted by Gasteiger charge is 2.43. The maximum absolute atomic E-state index is 14.1. The molecule has 1 saturated heterocycles.